The van der Waals surface area contributed by atoms with Gasteiger partial charge in [-0.2, -0.15) is 0 Å². The molecule has 0 unspecified atom stereocenters. The van der Waals surface area contributed by atoms with Gasteiger partial charge in [0.25, 0.3) is 0 Å². The van der Waals surface area contributed by atoms with Gasteiger partial charge in [-0.3, -0.25) is 10.1 Å². The molecule has 0 bridgehead atoms. The maximum Gasteiger partial charge on any atom is 0.321 e. The Hall–Kier alpha value is -1.70. The van der Waals surface area contributed by atoms with Crippen LogP contribution in [-0.4, -0.2) is 33.3 Å². The van der Waals surface area contributed by atoms with E-state index in [4.69, 9.17) is 5.11 Å². The number of carboxylic acids is 1. The van der Waals surface area contributed by atoms with Gasteiger partial charge in [0.05, 0.1) is 5.92 Å². The van der Waals surface area contributed by atoms with E-state index < -0.39 is 5.97 Å². The second kappa shape index (κ2) is 5.09. The molecular weight excluding hydrogens is 244 g/mol. The fourth-order valence-electron chi connectivity index (χ4n) is 1.88. The summed E-state index contributed by atoms with van der Waals surface area (Å²) in [5.41, 5.74) is 1.52. The topological polar surface area (TPSA) is 104 Å². The number of hydrogen-bond acceptors (Lipinski definition) is 5. The molecule has 2 rings (SSSR count). The molecule has 0 spiro atoms. The summed E-state index contributed by atoms with van der Waals surface area (Å²) >= 11 is 1.23. The predicted octanol–water partition coefficient (Wildman–Crippen LogP) is 0.913. The van der Waals surface area contributed by atoms with Crippen molar-refractivity contribution in [1.29, 1.82) is 0 Å². The average molecular weight is 256 g/mol. The molecule has 0 saturated heterocycles. The number of hydrogen-bond donors (Lipinski definition) is 3. The summed E-state index contributed by atoms with van der Waals surface area (Å²) in [5, 5.41) is 21.8. The minimum atomic E-state index is -0.793. The number of anilines is 1. The van der Waals surface area contributed by atoms with Crippen LogP contribution in [0.2, 0.25) is 0 Å². The molecule has 1 saturated carbocycles. The van der Waals surface area contributed by atoms with Crippen LogP contribution in [0.5, 0.6) is 0 Å². The molecule has 1 aliphatic rings. The Balaban J connectivity index is 1.78. The van der Waals surface area contributed by atoms with Gasteiger partial charge in [-0.25, -0.2) is 4.79 Å². The van der Waals surface area contributed by atoms with Crippen LogP contribution in [0, 0.1) is 5.92 Å². The van der Waals surface area contributed by atoms with Gasteiger partial charge in [0.15, 0.2) is 0 Å². The molecule has 17 heavy (non-hydrogen) atoms. The zero-order chi connectivity index (χ0) is 12.3. The van der Waals surface area contributed by atoms with E-state index >= 15 is 0 Å². The Bertz CT molecular complexity index is 408. The highest BCUT2D eigenvalue weighted by atomic mass is 32.1. The molecule has 0 aromatic carbocycles. The summed E-state index contributed by atoms with van der Waals surface area (Å²) in [5.74, 6) is -1.14. The highest BCUT2D eigenvalue weighted by Gasteiger charge is 2.30. The summed E-state index contributed by atoms with van der Waals surface area (Å²) in [6, 6.07) is -0.443. The van der Waals surface area contributed by atoms with E-state index in [9.17, 15) is 9.59 Å². The molecule has 3 N–H and O–H groups in total. The van der Waals surface area contributed by atoms with Gasteiger partial charge < -0.3 is 10.4 Å². The average Bonchev–Trinajstić information content (AvgIpc) is 2.88. The van der Waals surface area contributed by atoms with Gasteiger partial charge in [-0.05, 0) is 19.3 Å². The summed E-state index contributed by atoms with van der Waals surface area (Å²) in [6.07, 6.45) is 1.79. The third-order valence-corrected chi connectivity index (χ3v) is 3.30. The molecule has 1 aromatic rings. The number of amides is 2. The molecular formula is C9H12N4O3S. The lowest BCUT2D eigenvalue weighted by atomic mass is 10.1. The zero-order valence-electron chi connectivity index (χ0n) is 8.92. The first-order chi connectivity index (χ1) is 8.15. The first-order valence-electron chi connectivity index (χ1n) is 5.21. The van der Waals surface area contributed by atoms with Crippen LogP contribution in [0.4, 0.5) is 9.93 Å². The second-order valence-corrected chi connectivity index (χ2v) is 4.72. The number of carboxylic acid groups (broad SMARTS) is 1. The van der Waals surface area contributed by atoms with Crippen molar-refractivity contribution >= 4 is 28.5 Å². The van der Waals surface area contributed by atoms with Crippen LogP contribution in [0.3, 0.4) is 0 Å². The van der Waals surface area contributed by atoms with Crippen LogP contribution < -0.4 is 10.6 Å². The van der Waals surface area contributed by atoms with Crippen molar-refractivity contribution in [2.24, 2.45) is 5.92 Å². The van der Waals surface area contributed by atoms with E-state index in [0.717, 1.165) is 0 Å². The summed E-state index contributed by atoms with van der Waals surface area (Å²) in [6.45, 7) is 0. The fraction of sp³-hybridized carbons (Fsp3) is 0.556. The molecule has 1 fully saturated rings. The molecule has 1 aromatic heterocycles. The fourth-order valence-corrected chi connectivity index (χ4v) is 2.32. The number of urea groups is 1. The third-order valence-electron chi connectivity index (χ3n) is 2.70. The Labute approximate surface area is 101 Å². The van der Waals surface area contributed by atoms with Crippen LogP contribution in [0.1, 0.15) is 19.3 Å². The smallest absolute Gasteiger partial charge is 0.321 e. The molecule has 8 heteroatoms. The van der Waals surface area contributed by atoms with Crippen molar-refractivity contribution in [1.82, 2.24) is 15.5 Å². The lowest BCUT2D eigenvalue weighted by Gasteiger charge is -2.11. The van der Waals surface area contributed by atoms with Crippen molar-refractivity contribution in [2.75, 3.05) is 5.32 Å². The van der Waals surface area contributed by atoms with Gasteiger partial charge >= 0.3 is 12.0 Å². The van der Waals surface area contributed by atoms with Crippen molar-refractivity contribution in [3.63, 3.8) is 0 Å². The minimum Gasteiger partial charge on any atom is -0.481 e. The van der Waals surface area contributed by atoms with E-state index in [0.29, 0.717) is 24.4 Å². The lowest BCUT2D eigenvalue weighted by Crippen LogP contribution is -2.36. The second-order valence-electron chi connectivity index (χ2n) is 3.89. The lowest BCUT2D eigenvalue weighted by molar-refractivity contribution is -0.141. The van der Waals surface area contributed by atoms with Crippen LogP contribution >= 0.6 is 11.3 Å². The zero-order valence-corrected chi connectivity index (χ0v) is 9.74. The Kier molecular flexibility index (Phi) is 3.52. The van der Waals surface area contributed by atoms with E-state index in [1.54, 1.807) is 0 Å². The number of rotatable bonds is 3. The number of nitrogens with zero attached hydrogens (tertiary/aromatic N) is 2. The number of carbonyl (C=O) groups excluding carboxylic acids is 1. The van der Waals surface area contributed by atoms with Crippen LogP contribution in [-0.2, 0) is 4.79 Å². The highest BCUT2D eigenvalue weighted by molar-refractivity contribution is 7.13. The van der Waals surface area contributed by atoms with Crippen molar-refractivity contribution in [2.45, 2.75) is 25.3 Å². The Morgan fingerprint density at radius 2 is 2.29 bits per heavy atom. The van der Waals surface area contributed by atoms with Gasteiger partial charge in [0.1, 0.15) is 5.51 Å². The highest BCUT2D eigenvalue weighted by Crippen LogP contribution is 2.25. The van der Waals surface area contributed by atoms with Crippen LogP contribution in [0.15, 0.2) is 5.51 Å². The summed E-state index contributed by atoms with van der Waals surface area (Å²) < 4.78 is 0. The maximum absolute atomic E-state index is 11.5. The monoisotopic (exact) mass is 256 g/mol. The Morgan fingerprint density at radius 3 is 2.88 bits per heavy atom. The van der Waals surface area contributed by atoms with Gasteiger partial charge in [-0.1, -0.05) is 11.3 Å². The number of carbonyl (C=O) groups is 2. The Morgan fingerprint density at radius 1 is 1.47 bits per heavy atom. The van der Waals surface area contributed by atoms with Gasteiger partial charge in [-0.15, -0.1) is 10.2 Å². The van der Waals surface area contributed by atoms with Crippen molar-refractivity contribution in [3.05, 3.63) is 5.51 Å². The largest absolute Gasteiger partial charge is 0.481 e. The van der Waals surface area contributed by atoms with E-state index in [2.05, 4.69) is 20.8 Å². The normalized spacial score (nSPS) is 23.3. The summed E-state index contributed by atoms with van der Waals surface area (Å²) in [4.78, 5) is 22.3. The van der Waals surface area contributed by atoms with E-state index in [-0.39, 0.29) is 18.0 Å². The quantitative estimate of drug-likeness (QED) is 0.745. The molecule has 0 radical (unpaired) electrons. The van der Waals surface area contributed by atoms with E-state index in [1.165, 1.54) is 16.8 Å². The first-order valence-corrected chi connectivity index (χ1v) is 6.09. The predicted molar refractivity (Wildman–Crippen MR) is 60.8 cm³/mol. The molecule has 92 valence electrons. The summed E-state index contributed by atoms with van der Waals surface area (Å²) in [7, 11) is 0. The number of aliphatic carboxylic acids is 1. The van der Waals surface area contributed by atoms with Crippen molar-refractivity contribution in [3.8, 4) is 0 Å². The van der Waals surface area contributed by atoms with Gasteiger partial charge in [0.2, 0.25) is 5.13 Å². The van der Waals surface area contributed by atoms with E-state index in [1.807, 2.05) is 0 Å². The molecule has 7 nitrogen and oxygen atoms in total. The SMILES string of the molecule is O=C(Nc1nncs1)N[C@H]1CC[C@@H](C(=O)O)C1. The van der Waals surface area contributed by atoms with Gasteiger partial charge in [0, 0.05) is 6.04 Å². The van der Waals surface area contributed by atoms with Crippen molar-refractivity contribution < 1.29 is 14.7 Å². The molecule has 2 amide bonds. The maximum atomic E-state index is 11.5. The number of nitrogens with one attached hydrogen (secondary N) is 2. The minimum absolute atomic E-state index is 0.0796. The third kappa shape index (κ3) is 3.13. The molecule has 1 aliphatic carbocycles. The first kappa shape index (κ1) is 11.8. The standard InChI is InChI=1S/C9H12N4O3S/c14-7(15)5-1-2-6(3-5)11-8(16)12-9-13-10-4-17-9/h4-6H,1-3H2,(H,14,15)(H2,11,12,13,16)/t5-,6+/m1/s1. The number of aromatic nitrogens is 2. The van der Waals surface area contributed by atoms with Crippen LogP contribution in [0.25, 0.3) is 0 Å². The molecule has 2 atom stereocenters. The molecule has 1 heterocycles. The molecule has 0 aliphatic heterocycles.